The summed E-state index contributed by atoms with van der Waals surface area (Å²) in [5.41, 5.74) is 5.83. The van der Waals surface area contributed by atoms with Crippen LogP contribution in [0.3, 0.4) is 0 Å². The van der Waals surface area contributed by atoms with Crippen LogP contribution >= 0.6 is 0 Å². The second-order valence-corrected chi connectivity index (χ2v) is 3.11. The normalized spacial score (nSPS) is 9.94. The molecule has 0 unspecified atom stereocenters. The van der Waals surface area contributed by atoms with Crippen molar-refractivity contribution in [3.8, 4) is 6.07 Å². The lowest BCUT2D eigenvalue weighted by molar-refractivity contribution is -0.388. The first-order chi connectivity index (χ1) is 7.65. The van der Waals surface area contributed by atoms with Crippen LogP contribution in [0, 0.1) is 21.4 Å². The first-order valence-corrected chi connectivity index (χ1v) is 4.38. The lowest BCUT2D eigenvalue weighted by Gasteiger charge is -2.01. The molecule has 0 fully saturated rings. The average Bonchev–Trinajstić information content (AvgIpc) is 2.28. The molecular formula is C10H6N4O2. The number of aromatic nitrogens is 1. The number of fused-ring (bicyclic) bond motifs is 1. The van der Waals surface area contributed by atoms with E-state index in [-0.39, 0.29) is 11.3 Å². The SMILES string of the molecule is N#Cc1c(N)c([N+](=O)[O-])nc2ccccc12. The van der Waals surface area contributed by atoms with Crippen LogP contribution in [-0.4, -0.2) is 9.91 Å². The number of nitrogens with zero attached hydrogens (tertiary/aromatic N) is 3. The van der Waals surface area contributed by atoms with Gasteiger partial charge in [0.1, 0.15) is 11.8 Å². The molecule has 2 rings (SSSR count). The molecule has 0 saturated carbocycles. The molecule has 78 valence electrons. The minimum Gasteiger partial charge on any atom is -0.391 e. The zero-order valence-corrected chi connectivity index (χ0v) is 8.04. The van der Waals surface area contributed by atoms with Gasteiger partial charge in [-0.05, 0) is 22.0 Å². The largest absolute Gasteiger partial charge is 0.391 e. The molecule has 0 bridgehead atoms. The van der Waals surface area contributed by atoms with Gasteiger partial charge in [0.15, 0.2) is 5.52 Å². The van der Waals surface area contributed by atoms with Crippen molar-refractivity contribution in [2.45, 2.75) is 0 Å². The molecule has 2 N–H and O–H groups in total. The Kier molecular flexibility index (Phi) is 2.14. The summed E-state index contributed by atoms with van der Waals surface area (Å²) >= 11 is 0. The highest BCUT2D eigenvalue weighted by atomic mass is 16.6. The highest BCUT2D eigenvalue weighted by molar-refractivity contribution is 5.91. The first-order valence-electron chi connectivity index (χ1n) is 4.38. The molecule has 0 radical (unpaired) electrons. The molecule has 0 amide bonds. The Morgan fingerprint density at radius 3 is 2.75 bits per heavy atom. The summed E-state index contributed by atoms with van der Waals surface area (Å²) in [7, 11) is 0. The van der Waals surface area contributed by atoms with Gasteiger partial charge in [0.25, 0.3) is 0 Å². The van der Waals surface area contributed by atoms with Crippen molar-refractivity contribution in [3.05, 3.63) is 39.9 Å². The highest BCUT2D eigenvalue weighted by Crippen LogP contribution is 2.29. The summed E-state index contributed by atoms with van der Waals surface area (Å²) in [6.07, 6.45) is 0. The summed E-state index contributed by atoms with van der Waals surface area (Å²) in [4.78, 5) is 13.8. The Balaban J connectivity index is 2.95. The van der Waals surface area contributed by atoms with Crippen molar-refractivity contribution in [1.29, 1.82) is 5.26 Å². The number of para-hydroxylation sites is 1. The van der Waals surface area contributed by atoms with Gasteiger partial charge in [0, 0.05) is 5.39 Å². The molecule has 2 aromatic rings. The maximum absolute atomic E-state index is 10.7. The van der Waals surface area contributed by atoms with Gasteiger partial charge in [0.2, 0.25) is 0 Å². The molecular weight excluding hydrogens is 208 g/mol. The van der Waals surface area contributed by atoms with Gasteiger partial charge in [-0.15, -0.1) is 0 Å². The van der Waals surface area contributed by atoms with Gasteiger partial charge in [-0.25, -0.2) is 0 Å². The Morgan fingerprint density at radius 1 is 1.44 bits per heavy atom. The Morgan fingerprint density at radius 2 is 2.12 bits per heavy atom. The number of rotatable bonds is 1. The van der Waals surface area contributed by atoms with Gasteiger partial charge in [-0.2, -0.15) is 5.26 Å². The van der Waals surface area contributed by atoms with Crippen LogP contribution in [0.1, 0.15) is 5.56 Å². The van der Waals surface area contributed by atoms with Crippen LogP contribution in [0.5, 0.6) is 0 Å². The van der Waals surface area contributed by atoms with Crippen LogP contribution in [0.25, 0.3) is 10.9 Å². The highest BCUT2D eigenvalue weighted by Gasteiger charge is 2.21. The second-order valence-electron chi connectivity index (χ2n) is 3.11. The minimum absolute atomic E-state index is 0.0947. The van der Waals surface area contributed by atoms with Crippen molar-refractivity contribution in [3.63, 3.8) is 0 Å². The maximum Gasteiger partial charge on any atom is 0.388 e. The molecule has 0 aliphatic rings. The number of nitrogen functional groups attached to an aromatic ring is 1. The molecule has 0 aliphatic heterocycles. The molecule has 0 spiro atoms. The fourth-order valence-electron chi connectivity index (χ4n) is 1.47. The molecule has 1 heterocycles. The summed E-state index contributed by atoms with van der Waals surface area (Å²) in [6, 6.07) is 8.53. The lowest BCUT2D eigenvalue weighted by Crippen LogP contribution is -2.02. The smallest absolute Gasteiger partial charge is 0.388 e. The van der Waals surface area contributed by atoms with E-state index in [0.717, 1.165) is 0 Å². The van der Waals surface area contributed by atoms with E-state index in [0.29, 0.717) is 10.9 Å². The standard InChI is InChI=1S/C10H6N4O2/c11-5-7-6-3-1-2-4-8(6)13-10(9(7)12)14(15)16/h1-4H,12H2. The zero-order chi connectivity index (χ0) is 11.7. The summed E-state index contributed by atoms with van der Waals surface area (Å²) in [6.45, 7) is 0. The fraction of sp³-hybridized carbons (Fsp3) is 0. The number of nitro groups is 1. The van der Waals surface area contributed by atoms with E-state index in [9.17, 15) is 10.1 Å². The van der Waals surface area contributed by atoms with Gasteiger partial charge >= 0.3 is 5.82 Å². The van der Waals surface area contributed by atoms with E-state index in [1.54, 1.807) is 24.3 Å². The molecule has 1 aromatic carbocycles. The topological polar surface area (TPSA) is 106 Å². The predicted molar refractivity (Wildman–Crippen MR) is 57.5 cm³/mol. The third-order valence-corrected chi connectivity index (χ3v) is 2.19. The second kappa shape index (κ2) is 3.47. The molecule has 0 atom stereocenters. The Labute approximate surface area is 90.1 Å². The van der Waals surface area contributed by atoms with E-state index >= 15 is 0 Å². The lowest BCUT2D eigenvalue weighted by atomic mass is 10.1. The summed E-state index contributed by atoms with van der Waals surface area (Å²) < 4.78 is 0. The van der Waals surface area contributed by atoms with Crippen molar-refractivity contribution < 1.29 is 4.92 Å². The quantitative estimate of drug-likeness (QED) is 0.573. The molecule has 0 saturated heterocycles. The van der Waals surface area contributed by atoms with Crippen molar-refractivity contribution >= 4 is 22.4 Å². The van der Waals surface area contributed by atoms with Crippen LogP contribution in [0.4, 0.5) is 11.5 Å². The van der Waals surface area contributed by atoms with Crippen molar-refractivity contribution in [1.82, 2.24) is 4.98 Å². The van der Waals surface area contributed by atoms with Gasteiger partial charge in [-0.1, -0.05) is 12.1 Å². The van der Waals surface area contributed by atoms with Crippen LogP contribution in [0.2, 0.25) is 0 Å². The average molecular weight is 214 g/mol. The van der Waals surface area contributed by atoms with E-state index in [1.807, 2.05) is 6.07 Å². The van der Waals surface area contributed by atoms with Gasteiger partial charge in [0.05, 0.1) is 5.56 Å². The van der Waals surface area contributed by atoms with Crippen LogP contribution in [-0.2, 0) is 0 Å². The van der Waals surface area contributed by atoms with E-state index in [2.05, 4.69) is 4.98 Å². The van der Waals surface area contributed by atoms with E-state index in [1.165, 1.54) is 0 Å². The number of benzene rings is 1. The molecule has 0 aliphatic carbocycles. The van der Waals surface area contributed by atoms with Crippen molar-refractivity contribution in [2.75, 3.05) is 5.73 Å². The molecule has 6 nitrogen and oxygen atoms in total. The summed E-state index contributed by atoms with van der Waals surface area (Å²) in [5, 5.41) is 20.2. The van der Waals surface area contributed by atoms with Crippen molar-refractivity contribution in [2.24, 2.45) is 0 Å². The molecule has 6 heteroatoms. The van der Waals surface area contributed by atoms with E-state index < -0.39 is 10.7 Å². The predicted octanol–water partition coefficient (Wildman–Crippen LogP) is 1.60. The Hall–Kier alpha value is -2.68. The molecule has 1 aromatic heterocycles. The maximum atomic E-state index is 10.7. The number of nitrogens with two attached hydrogens (primary N) is 1. The Bertz CT molecular complexity index is 630. The minimum atomic E-state index is -0.692. The molecule has 16 heavy (non-hydrogen) atoms. The zero-order valence-electron chi connectivity index (χ0n) is 8.04. The number of pyridine rings is 1. The van der Waals surface area contributed by atoms with Gasteiger partial charge in [-0.3, -0.25) is 0 Å². The monoisotopic (exact) mass is 214 g/mol. The fourth-order valence-corrected chi connectivity index (χ4v) is 1.47. The van der Waals surface area contributed by atoms with Crippen LogP contribution < -0.4 is 5.73 Å². The third-order valence-electron chi connectivity index (χ3n) is 2.19. The number of hydrogen-bond acceptors (Lipinski definition) is 5. The van der Waals surface area contributed by atoms with Gasteiger partial charge < -0.3 is 15.8 Å². The van der Waals surface area contributed by atoms with Crippen LogP contribution in [0.15, 0.2) is 24.3 Å². The first kappa shape index (κ1) is 9.86. The number of nitriles is 1. The number of hydrogen-bond donors (Lipinski definition) is 1. The summed E-state index contributed by atoms with van der Waals surface area (Å²) in [5.74, 6) is -0.477. The number of anilines is 1. The van der Waals surface area contributed by atoms with E-state index in [4.69, 9.17) is 11.0 Å². The third kappa shape index (κ3) is 1.31.